The lowest BCUT2D eigenvalue weighted by molar-refractivity contribution is 0.174. The molecule has 5 rings (SSSR count). The molecular weight excluding hydrogens is 436 g/mol. The summed E-state index contributed by atoms with van der Waals surface area (Å²) < 4.78 is 20.6. The number of hydrogen-bond donors (Lipinski definition) is 0. The Morgan fingerprint density at radius 2 is 1.84 bits per heavy atom. The number of ether oxygens (including phenoxy) is 3. The molecule has 0 fully saturated rings. The highest BCUT2D eigenvalue weighted by Crippen LogP contribution is 2.32. The lowest BCUT2D eigenvalue weighted by Gasteiger charge is -2.09. The van der Waals surface area contributed by atoms with E-state index in [4.69, 9.17) is 25.8 Å². The summed E-state index contributed by atoms with van der Waals surface area (Å²) in [7, 11) is 3.25. The second kappa shape index (κ2) is 7.76. The molecule has 9 nitrogen and oxygen atoms in total. The number of fused-ring (bicyclic) bond motifs is 2. The molecule has 3 heterocycles. The molecule has 2 aromatic carbocycles. The number of nitrogens with zero attached hydrogens (tertiary/aromatic N) is 4. The van der Waals surface area contributed by atoms with Crippen molar-refractivity contribution in [3.05, 3.63) is 79.5 Å². The third kappa shape index (κ3) is 3.31. The van der Waals surface area contributed by atoms with E-state index in [1.165, 1.54) is 4.57 Å². The van der Waals surface area contributed by atoms with Gasteiger partial charge in [0.15, 0.2) is 22.7 Å². The molecule has 164 valence electrons. The van der Waals surface area contributed by atoms with E-state index in [1.54, 1.807) is 42.9 Å². The Balaban J connectivity index is 1.51. The van der Waals surface area contributed by atoms with Crippen molar-refractivity contribution >= 4 is 22.8 Å². The molecule has 0 N–H and O–H groups in total. The van der Waals surface area contributed by atoms with Gasteiger partial charge in [-0.1, -0.05) is 35.9 Å². The van der Waals surface area contributed by atoms with Crippen LogP contribution in [0.3, 0.4) is 0 Å². The zero-order chi connectivity index (χ0) is 22.4. The highest BCUT2D eigenvalue weighted by molar-refractivity contribution is 6.31. The molecule has 0 spiro atoms. The van der Waals surface area contributed by atoms with Gasteiger partial charge in [0.2, 0.25) is 6.79 Å². The standard InChI is InChI=1S/C22H19ClN4O5/c1-25-18-19(24-21(25)30-11-13-7-8-16-17(9-13)32-12-31-16)26(2)22(29)27(20(18)28)10-14-5-3-4-6-15(14)23/h3-9H,10-12H2,1-2H3. The highest BCUT2D eigenvalue weighted by atomic mass is 35.5. The van der Waals surface area contributed by atoms with Crippen molar-refractivity contribution in [2.24, 2.45) is 14.1 Å². The van der Waals surface area contributed by atoms with Crippen LogP contribution >= 0.6 is 11.6 Å². The lowest BCUT2D eigenvalue weighted by Crippen LogP contribution is -2.39. The molecule has 0 saturated carbocycles. The predicted molar refractivity (Wildman–Crippen MR) is 118 cm³/mol. The Hall–Kier alpha value is -3.72. The van der Waals surface area contributed by atoms with Crippen LogP contribution in [0, 0.1) is 0 Å². The smallest absolute Gasteiger partial charge is 0.332 e. The van der Waals surface area contributed by atoms with Crippen LogP contribution < -0.4 is 25.5 Å². The number of hydrogen-bond acceptors (Lipinski definition) is 6. The molecule has 2 aromatic heterocycles. The third-order valence-electron chi connectivity index (χ3n) is 5.41. The van der Waals surface area contributed by atoms with E-state index in [2.05, 4.69) is 4.98 Å². The molecule has 0 atom stereocenters. The highest BCUT2D eigenvalue weighted by Gasteiger charge is 2.20. The largest absolute Gasteiger partial charge is 0.460 e. The fourth-order valence-corrected chi connectivity index (χ4v) is 3.86. The summed E-state index contributed by atoms with van der Waals surface area (Å²) in [6, 6.07) is 12.8. The molecule has 0 aliphatic carbocycles. The summed E-state index contributed by atoms with van der Waals surface area (Å²) >= 11 is 6.23. The summed E-state index contributed by atoms with van der Waals surface area (Å²) in [6.45, 7) is 0.453. The summed E-state index contributed by atoms with van der Waals surface area (Å²) in [5.41, 5.74) is 1.10. The Bertz CT molecular complexity index is 1470. The SMILES string of the molecule is Cn1c(OCc2ccc3c(c2)OCO3)nc2c1c(=O)n(Cc1ccccc1Cl)c(=O)n2C. The maximum atomic E-state index is 13.2. The van der Waals surface area contributed by atoms with Gasteiger partial charge in [-0.3, -0.25) is 18.5 Å². The van der Waals surface area contributed by atoms with E-state index in [0.29, 0.717) is 22.1 Å². The molecule has 0 saturated heterocycles. The van der Waals surface area contributed by atoms with Crippen LogP contribution in [0.25, 0.3) is 11.2 Å². The zero-order valence-electron chi connectivity index (χ0n) is 17.4. The van der Waals surface area contributed by atoms with E-state index < -0.39 is 11.2 Å². The summed E-state index contributed by atoms with van der Waals surface area (Å²) in [5.74, 6) is 1.34. The van der Waals surface area contributed by atoms with Crippen molar-refractivity contribution in [1.82, 2.24) is 18.7 Å². The average molecular weight is 455 g/mol. The quantitative estimate of drug-likeness (QED) is 0.460. The monoisotopic (exact) mass is 454 g/mol. The van der Waals surface area contributed by atoms with Gasteiger partial charge in [-0.25, -0.2) is 4.79 Å². The number of benzene rings is 2. The van der Waals surface area contributed by atoms with Crippen molar-refractivity contribution in [2.45, 2.75) is 13.2 Å². The van der Waals surface area contributed by atoms with Gasteiger partial charge in [0.05, 0.1) is 6.54 Å². The number of aromatic nitrogens is 4. The summed E-state index contributed by atoms with van der Waals surface area (Å²) in [4.78, 5) is 30.5. The first kappa shape index (κ1) is 20.2. The minimum atomic E-state index is -0.483. The van der Waals surface area contributed by atoms with E-state index >= 15 is 0 Å². The Morgan fingerprint density at radius 1 is 1.06 bits per heavy atom. The molecule has 0 unspecified atom stereocenters. The van der Waals surface area contributed by atoms with Crippen LogP contribution in [0.1, 0.15) is 11.1 Å². The third-order valence-corrected chi connectivity index (χ3v) is 5.78. The maximum Gasteiger partial charge on any atom is 0.332 e. The average Bonchev–Trinajstić information content (AvgIpc) is 3.39. The van der Waals surface area contributed by atoms with E-state index in [0.717, 1.165) is 10.1 Å². The molecule has 32 heavy (non-hydrogen) atoms. The maximum absolute atomic E-state index is 13.2. The molecule has 0 bridgehead atoms. The zero-order valence-corrected chi connectivity index (χ0v) is 18.1. The number of halogens is 1. The molecule has 1 aliphatic heterocycles. The van der Waals surface area contributed by atoms with Gasteiger partial charge in [-0.2, -0.15) is 4.98 Å². The Morgan fingerprint density at radius 3 is 2.66 bits per heavy atom. The van der Waals surface area contributed by atoms with E-state index in [9.17, 15) is 9.59 Å². The van der Waals surface area contributed by atoms with Gasteiger partial charge in [-0.05, 0) is 29.3 Å². The van der Waals surface area contributed by atoms with Crippen LogP contribution in [0.5, 0.6) is 17.5 Å². The molecular formula is C22H19ClN4O5. The van der Waals surface area contributed by atoms with Crippen LogP contribution in [-0.4, -0.2) is 25.5 Å². The molecule has 4 aromatic rings. The van der Waals surface area contributed by atoms with Crippen LogP contribution in [0.2, 0.25) is 5.02 Å². The van der Waals surface area contributed by atoms with Gasteiger partial charge < -0.3 is 14.2 Å². The van der Waals surface area contributed by atoms with Crippen molar-refractivity contribution in [1.29, 1.82) is 0 Å². The van der Waals surface area contributed by atoms with Gasteiger partial charge in [0.1, 0.15) is 6.61 Å². The minimum Gasteiger partial charge on any atom is -0.460 e. The Labute approximate surface area is 187 Å². The molecule has 0 radical (unpaired) electrons. The first-order valence-electron chi connectivity index (χ1n) is 9.85. The van der Waals surface area contributed by atoms with Crippen molar-refractivity contribution < 1.29 is 14.2 Å². The van der Waals surface area contributed by atoms with Crippen molar-refractivity contribution in [3.8, 4) is 17.5 Å². The second-order valence-electron chi connectivity index (χ2n) is 7.43. The molecule has 0 amide bonds. The van der Waals surface area contributed by atoms with Gasteiger partial charge in [-0.15, -0.1) is 0 Å². The van der Waals surface area contributed by atoms with Crippen LogP contribution in [-0.2, 0) is 27.2 Å². The topological polar surface area (TPSA) is 89.5 Å². The number of aryl methyl sites for hydroxylation is 2. The summed E-state index contributed by atoms with van der Waals surface area (Å²) in [5, 5.41) is 0.485. The number of imidazole rings is 1. The first-order chi connectivity index (χ1) is 15.4. The fraction of sp³-hybridized carbons (Fsp3) is 0.227. The van der Waals surface area contributed by atoms with Gasteiger partial charge in [0, 0.05) is 19.1 Å². The fourth-order valence-electron chi connectivity index (χ4n) is 3.67. The normalized spacial score (nSPS) is 12.5. The van der Waals surface area contributed by atoms with Gasteiger partial charge in [0.25, 0.3) is 11.6 Å². The van der Waals surface area contributed by atoms with E-state index in [-0.39, 0.29) is 37.1 Å². The predicted octanol–water partition coefficient (Wildman–Crippen LogP) is 2.44. The molecule has 1 aliphatic rings. The first-order valence-corrected chi connectivity index (χ1v) is 10.2. The molecule has 10 heteroatoms. The van der Waals surface area contributed by atoms with Gasteiger partial charge >= 0.3 is 5.69 Å². The van der Waals surface area contributed by atoms with E-state index in [1.807, 2.05) is 18.2 Å². The van der Waals surface area contributed by atoms with Crippen LogP contribution in [0.15, 0.2) is 52.1 Å². The second-order valence-corrected chi connectivity index (χ2v) is 7.83. The van der Waals surface area contributed by atoms with Crippen LogP contribution in [0.4, 0.5) is 0 Å². The van der Waals surface area contributed by atoms with Crippen molar-refractivity contribution in [3.63, 3.8) is 0 Å². The number of rotatable bonds is 5. The minimum absolute atomic E-state index is 0.0552. The summed E-state index contributed by atoms with van der Waals surface area (Å²) in [6.07, 6.45) is 0. The Kier molecular flexibility index (Phi) is 4.90. The lowest BCUT2D eigenvalue weighted by atomic mass is 10.2. The van der Waals surface area contributed by atoms with Crippen molar-refractivity contribution in [2.75, 3.05) is 6.79 Å².